The molecule has 0 saturated carbocycles. The average Bonchev–Trinajstić information content (AvgIpc) is 2.84. The molecule has 0 aromatic heterocycles. The van der Waals surface area contributed by atoms with E-state index in [4.69, 9.17) is 9.47 Å². The maximum Gasteiger partial charge on any atom is 0.231 e. The van der Waals surface area contributed by atoms with Gasteiger partial charge in [-0.25, -0.2) is 0 Å². The maximum atomic E-state index is 13.0. The fraction of sp³-hybridized carbons (Fsp3) is 0.500. The first kappa shape index (κ1) is 21.7. The number of quaternary nitrogens is 1. The zero-order valence-corrected chi connectivity index (χ0v) is 18.6. The van der Waals surface area contributed by atoms with Crippen LogP contribution in [0.2, 0.25) is 0 Å². The molecule has 5 heteroatoms. The van der Waals surface area contributed by atoms with Crippen molar-refractivity contribution in [1.29, 1.82) is 0 Å². The summed E-state index contributed by atoms with van der Waals surface area (Å²) in [6, 6.07) is 16.4. The van der Waals surface area contributed by atoms with E-state index in [0.29, 0.717) is 12.5 Å². The number of hydrogen-bond donors (Lipinski definition) is 1. The van der Waals surface area contributed by atoms with Gasteiger partial charge in [0.25, 0.3) is 0 Å². The van der Waals surface area contributed by atoms with E-state index >= 15 is 0 Å². The number of carbonyl (C=O) groups excluding carboxylic acids is 1. The number of hydrogen-bond acceptors (Lipinski definition) is 3. The van der Waals surface area contributed by atoms with Crippen molar-refractivity contribution >= 4 is 5.91 Å². The Balaban J connectivity index is 1.35. The fourth-order valence-corrected chi connectivity index (χ4v) is 4.86. The van der Waals surface area contributed by atoms with Crippen LogP contribution in [-0.4, -0.2) is 44.1 Å². The first-order valence-corrected chi connectivity index (χ1v) is 11.7. The van der Waals surface area contributed by atoms with Crippen LogP contribution in [0.3, 0.4) is 0 Å². The van der Waals surface area contributed by atoms with Gasteiger partial charge in [-0.2, -0.15) is 0 Å². The quantitative estimate of drug-likeness (QED) is 0.744. The Morgan fingerprint density at radius 2 is 1.81 bits per heavy atom. The first-order chi connectivity index (χ1) is 15.2. The fourth-order valence-electron chi connectivity index (χ4n) is 4.86. The molecule has 1 unspecified atom stereocenters. The van der Waals surface area contributed by atoms with Gasteiger partial charge in [-0.3, -0.25) is 4.79 Å². The highest BCUT2D eigenvalue weighted by Crippen LogP contribution is 2.29. The molecule has 31 heavy (non-hydrogen) atoms. The van der Waals surface area contributed by atoms with Crippen molar-refractivity contribution in [2.75, 3.05) is 33.3 Å². The minimum absolute atomic E-state index is 0.178. The molecular formula is C26H35N2O3+. The Morgan fingerprint density at radius 1 is 1.00 bits per heavy atom. The Labute approximate surface area is 185 Å². The third-order valence-corrected chi connectivity index (χ3v) is 6.55. The average molecular weight is 424 g/mol. The van der Waals surface area contributed by atoms with E-state index in [1.807, 2.05) is 24.3 Å². The number of methoxy groups -OCH3 is 1. The summed E-state index contributed by atoms with van der Waals surface area (Å²) in [6.45, 7) is 5.40. The number of piperidine rings is 2. The molecule has 0 spiro atoms. The lowest BCUT2D eigenvalue weighted by Crippen LogP contribution is -3.12. The highest BCUT2D eigenvalue weighted by atomic mass is 16.5. The second kappa shape index (κ2) is 10.7. The molecule has 2 aliphatic rings. The second-order valence-corrected chi connectivity index (χ2v) is 8.87. The molecule has 5 nitrogen and oxygen atoms in total. The van der Waals surface area contributed by atoms with E-state index in [9.17, 15) is 4.79 Å². The van der Waals surface area contributed by atoms with E-state index in [2.05, 4.69) is 29.2 Å². The van der Waals surface area contributed by atoms with E-state index in [1.165, 1.54) is 16.9 Å². The summed E-state index contributed by atoms with van der Waals surface area (Å²) >= 11 is 0. The van der Waals surface area contributed by atoms with Crippen LogP contribution in [0.4, 0.5) is 0 Å². The van der Waals surface area contributed by atoms with Crippen LogP contribution in [0.25, 0.3) is 0 Å². The summed E-state index contributed by atoms with van der Waals surface area (Å²) in [7, 11) is 1.69. The molecule has 2 fully saturated rings. The zero-order chi connectivity index (χ0) is 21.5. The van der Waals surface area contributed by atoms with Crippen molar-refractivity contribution in [3.05, 3.63) is 59.7 Å². The molecule has 0 bridgehead atoms. The number of nitrogens with one attached hydrogen (secondary N) is 1. The molecule has 2 aromatic carbocycles. The molecular weight excluding hydrogens is 388 g/mol. The van der Waals surface area contributed by atoms with Crippen LogP contribution in [0.5, 0.6) is 11.5 Å². The smallest absolute Gasteiger partial charge is 0.231 e. The Hall–Kier alpha value is -2.53. The van der Waals surface area contributed by atoms with Gasteiger partial charge in [0.1, 0.15) is 13.2 Å². The monoisotopic (exact) mass is 423 g/mol. The lowest BCUT2D eigenvalue weighted by molar-refractivity contribution is -0.921. The van der Waals surface area contributed by atoms with Crippen LogP contribution >= 0.6 is 0 Å². The first-order valence-electron chi connectivity index (χ1n) is 11.7. The van der Waals surface area contributed by atoms with Gasteiger partial charge < -0.3 is 19.3 Å². The lowest BCUT2D eigenvalue weighted by atomic mass is 9.95. The number of ether oxygens (including phenoxy) is 2. The van der Waals surface area contributed by atoms with Crippen LogP contribution in [0.1, 0.15) is 43.2 Å². The van der Waals surface area contributed by atoms with Gasteiger partial charge in [-0.1, -0.05) is 30.3 Å². The maximum absolute atomic E-state index is 13.0. The molecule has 0 radical (unpaired) electrons. The SMILES string of the molecule is COc1cc(C[NH+]2CCC[C@@H](C(=O)N3CCCCC3)C2)ccc1OCc1ccccc1. The van der Waals surface area contributed by atoms with Crippen LogP contribution in [-0.2, 0) is 17.9 Å². The summed E-state index contributed by atoms with van der Waals surface area (Å²) in [5, 5.41) is 0. The number of benzene rings is 2. The van der Waals surface area contributed by atoms with E-state index in [1.54, 1.807) is 7.11 Å². The van der Waals surface area contributed by atoms with Crippen molar-refractivity contribution in [3.8, 4) is 11.5 Å². The standard InChI is InChI=1S/C26H34N2O3/c1-30-25-17-22(12-13-24(25)31-20-21-9-4-2-5-10-21)18-27-14-8-11-23(19-27)26(29)28-15-6-3-7-16-28/h2,4-5,9-10,12-13,17,23H,3,6-8,11,14-16,18-20H2,1H3/p+1/t23-/m1/s1. The Morgan fingerprint density at radius 3 is 2.58 bits per heavy atom. The Bertz CT molecular complexity index is 849. The van der Waals surface area contributed by atoms with Gasteiger partial charge in [0, 0.05) is 18.7 Å². The lowest BCUT2D eigenvalue weighted by Gasteiger charge is -2.34. The molecule has 1 N–H and O–H groups in total. The van der Waals surface area contributed by atoms with E-state index < -0.39 is 0 Å². The third-order valence-electron chi connectivity index (χ3n) is 6.55. The number of rotatable bonds is 7. The number of nitrogens with zero attached hydrogens (tertiary/aromatic N) is 1. The van der Waals surface area contributed by atoms with Crippen LogP contribution in [0.15, 0.2) is 48.5 Å². The molecule has 2 heterocycles. The molecule has 4 rings (SSSR count). The molecule has 0 aliphatic carbocycles. The summed E-state index contributed by atoms with van der Waals surface area (Å²) in [5.74, 6) is 2.10. The summed E-state index contributed by atoms with van der Waals surface area (Å²) < 4.78 is 11.6. The van der Waals surface area contributed by atoms with E-state index in [-0.39, 0.29) is 5.92 Å². The van der Waals surface area contributed by atoms with Gasteiger partial charge in [0.05, 0.1) is 26.1 Å². The molecule has 2 aliphatic heterocycles. The van der Waals surface area contributed by atoms with Crippen molar-refractivity contribution in [1.82, 2.24) is 4.90 Å². The van der Waals surface area contributed by atoms with Gasteiger partial charge in [0.15, 0.2) is 11.5 Å². The zero-order valence-electron chi connectivity index (χ0n) is 18.6. The van der Waals surface area contributed by atoms with Gasteiger partial charge in [0.2, 0.25) is 5.91 Å². The van der Waals surface area contributed by atoms with E-state index in [0.717, 1.165) is 75.5 Å². The minimum Gasteiger partial charge on any atom is -0.493 e. The van der Waals surface area contributed by atoms with Crippen LogP contribution < -0.4 is 14.4 Å². The number of likely N-dealkylation sites (tertiary alicyclic amines) is 2. The molecule has 2 aromatic rings. The van der Waals surface area contributed by atoms with Gasteiger partial charge >= 0.3 is 0 Å². The number of carbonyl (C=O) groups is 1. The largest absolute Gasteiger partial charge is 0.493 e. The summed E-state index contributed by atoms with van der Waals surface area (Å²) in [4.78, 5) is 16.6. The normalized spacial score (nSPS) is 21.5. The highest BCUT2D eigenvalue weighted by molar-refractivity contribution is 5.79. The van der Waals surface area contributed by atoms with Crippen molar-refractivity contribution in [2.24, 2.45) is 5.92 Å². The third kappa shape index (κ3) is 5.79. The number of amides is 1. The molecule has 2 atom stereocenters. The van der Waals surface area contributed by atoms with Crippen molar-refractivity contribution < 1.29 is 19.2 Å². The van der Waals surface area contributed by atoms with Crippen molar-refractivity contribution in [2.45, 2.75) is 45.3 Å². The Kier molecular flexibility index (Phi) is 7.47. The van der Waals surface area contributed by atoms with Gasteiger partial charge in [-0.15, -0.1) is 0 Å². The molecule has 2 saturated heterocycles. The van der Waals surface area contributed by atoms with Crippen LogP contribution in [0, 0.1) is 5.92 Å². The minimum atomic E-state index is 0.178. The topological polar surface area (TPSA) is 43.2 Å². The van der Waals surface area contributed by atoms with Crippen molar-refractivity contribution in [3.63, 3.8) is 0 Å². The highest BCUT2D eigenvalue weighted by Gasteiger charge is 2.32. The predicted octanol–water partition coefficient (Wildman–Crippen LogP) is 3.08. The summed E-state index contributed by atoms with van der Waals surface area (Å²) in [6.07, 6.45) is 5.74. The predicted molar refractivity (Wildman–Crippen MR) is 121 cm³/mol. The van der Waals surface area contributed by atoms with Gasteiger partial charge in [-0.05, 0) is 55.9 Å². The second-order valence-electron chi connectivity index (χ2n) is 8.87. The molecule has 1 amide bonds. The summed E-state index contributed by atoms with van der Waals surface area (Å²) in [5.41, 5.74) is 2.36. The molecule has 166 valence electrons.